The van der Waals surface area contributed by atoms with E-state index in [-0.39, 0.29) is 0 Å². The molecule has 2 aromatic carbocycles. The van der Waals surface area contributed by atoms with Gasteiger partial charge < -0.3 is 5.32 Å². The van der Waals surface area contributed by atoms with E-state index in [4.69, 9.17) is 18.0 Å². The van der Waals surface area contributed by atoms with Gasteiger partial charge >= 0.3 is 0 Å². The smallest absolute Gasteiger partial charge is 0.102 e. The van der Waals surface area contributed by atoms with Crippen LogP contribution in [0.4, 0.5) is 5.69 Å². The Morgan fingerprint density at radius 3 is 2.77 bits per heavy atom. The molecular weight excluding hydrogens is 296 g/mol. The van der Waals surface area contributed by atoms with Crippen LogP contribution in [0.15, 0.2) is 54.7 Å². The van der Waals surface area contributed by atoms with Gasteiger partial charge in [0.1, 0.15) is 5.69 Å². The molecular formula is C17H13ClN4. The molecule has 0 atom stereocenters. The summed E-state index contributed by atoms with van der Waals surface area (Å²) in [5, 5.41) is 12.2. The number of hydrogen-bond acceptors (Lipinski definition) is 3. The Kier molecular flexibility index (Phi) is 4.08. The van der Waals surface area contributed by atoms with Crippen molar-refractivity contribution in [3.63, 3.8) is 0 Å². The van der Waals surface area contributed by atoms with Gasteiger partial charge in [-0.2, -0.15) is 0 Å². The lowest BCUT2D eigenvalue weighted by atomic mass is 10.2. The van der Waals surface area contributed by atoms with Crippen LogP contribution in [0.1, 0.15) is 11.3 Å². The van der Waals surface area contributed by atoms with Crippen LogP contribution in [0.25, 0.3) is 5.69 Å². The van der Waals surface area contributed by atoms with Gasteiger partial charge in [-0.3, -0.25) is 0 Å². The van der Waals surface area contributed by atoms with E-state index in [9.17, 15) is 0 Å². The maximum Gasteiger partial charge on any atom is 0.102 e. The summed E-state index contributed by atoms with van der Waals surface area (Å²) >= 11 is 5.88. The second-order valence-corrected chi connectivity index (χ2v) is 5.15. The molecule has 108 valence electrons. The molecule has 0 aliphatic carbocycles. The van der Waals surface area contributed by atoms with Crippen molar-refractivity contribution in [2.75, 3.05) is 5.32 Å². The Balaban J connectivity index is 1.69. The van der Waals surface area contributed by atoms with Gasteiger partial charge in [-0.15, -0.1) is 11.5 Å². The highest BCUT2D eigenvalue weighted by Gasteiger charge is 2.03. The Morgan fingerprint density at radius 1 is 1.18 bits per heavy atom. The van der Waals surface area contributed by atoms with Crippen LogP contribution in [0.2, 0.25) is 5.02 Å². The maximum absolute atomic E-state index is 5.88. The molecule has 3 aromatic rings. The fourth-order valence-electron chi connectivity index (χ4n) is 2.01. The monoisotopic (exact) mass is 308 g/mol. The molecule has 0 saturated heterocycles. The van der Waals surface area contributed by atoms with Gasteiger partial charge in [0, 0.05) is 16.3 Å². The Labute approximate surface area is 133 Å². The quantitative estimate of drug-likeness (QED) is 0.750. The zero-order valence-electron chi connectivity index (χ0n) is 11.7. The lowest BCUT2D eigenvalue weighted by Crippen LogP contribution is -1.99. The Hall–Kier alpha value is -2.77. The summed E-state index contributed by atoms with van der Waals surface area (Å²) in [7, 11) is 0. The maximum atomic E-state index is 5.88. The summed E-state index contributed by atoms with van der Waals surface area (Å²) < 4.78 is 1.71. The number of terminal acetylenes is 1. The third kappa shape index (κ3) is 3.27. The van der Waals surface area contributed by atoms with Crippen LogP contribution in [0.5, 0.6) is 0 Å². The van der Waals surface area contributed by atoms with Crippen molar-refractivity contribution < 1.29 is 0 Å². The van der Waals surface area contributed by atoms with Gasteiger partial charge in [0.25, 0.3) is 0 Å². The zero-order chi connectivity index (χ0) is 15.4. The predicted octanol–water partition coefficient (Wildman–Crippen LogP) is 3.51. The number of halogens is 1. The number of aromatic nitrogens is 3. The summed E-state index contributed by atoms with van der Waals surface area (Å²) in [5.41, 5.74) is 3.55. The highest BCUT2D eigenvalue weighted by molar-refractivity contribution is 6.30. The van der Waals surface area contributed by atoms with Crippen molar-refractivity contribution in [2.45, 2.75) is 6.54 Å². The van der Waals surface area contributed by atoms with Crippen LogP contribution in [-0.4, -0.2) is 15.0 Å². The summed E-state index contributed by atoms with van der Waals surface area (Å²) in [4.78, 5) is 0. The van der Waals surface area contributed by atoms with Crippen LogP contribution in [0, 0.1) is 12.3 Å². The summed E-state index contributed by atoms with van der Waals surface area (Å²) in [6.07, 6.45) is 7.27. The largest absolute Gasteiger partial charge is 0.379 e. The van der Waals surface area contributed by atoms with Gasteiger partial charge in [-0.25, -0.2) is 4.68 Å². The lowest BCUT2D eigenvalue weighted by Gasteiger charge is -2.04. The second kappa shape index (κ2) is 6.33. The van der Waals surface area contributed by atoms with Crippen molar-refractivity contribution in [2.24, 2.45) is 0 Å². The number of rotatable bonds is 4. The van der Waals surface area contributed by atoms with E-state index in [0.717, 1.165) is 22.6 Å². The van der Waals surface area contributed by atoms with E-state index >= 15 is 0 Å². The minimum absolute atomic E-state index is 0.571. The summed E-state index contributed by atoms with van der Waals surface area (Å²) in [5.74, 6) is 2.61. The first-order valence-electron chi connectivity index (χ1n) is 6.72. The molecule has 0 aliphatic rings. The molecule has 0 amide bonds. The van der Waals surface area contributed by atoms with E-state index < -0.39 is 0 Å². The molecule has 4 nitrogen and oxygen atoms in total. The van der Waals surface area contributed by atoms with Crippen LogP contribution >= 0.6 is 11.6 Å². The van der Waals surface area contributed by atoms with Crippen LogP contribution < -0.4 is 5.32 Å². The number of benzene rings is 2. The molecule has 5 heteroatoms. The van der Waals surface area contributed by atoms with Crippen molar-refractivity contribution in [1.29, 1.82) is 0 Å². The molecule has 1 heterocycles. The molecule has 0 unspecified atom stereocenters. The number of anilines is 1. The van der Waals surface area contributed by atoms with Gasteiger partial charge in [0.05, 0.1) is 18.4 Å². The fourth-order valence-corrected chi connectivity index (χ4v) is 2.14. The fraction of sp³-hybridized carbons (Fsp3) is 0.0588. The second-order valence-electron chi connectivity index (χ2n) is 4.71. The molecule has 0 radical (unpaired) electrons. The highest BCUT2D eigenvalue weighted by Crippen LogP contribution is 2.14. The molecule has 0 saturated carbocycles. The molecule has 3 rings (SSSR count). The van der Waals surface area contributed by atoms with Crippen LogP contribution in [-0.2, 0) is 6.54 Å². The van der Waals surface area contributed by atoms with Crippen molar-refractivity contribution in [3.8, 4) is 18.0 Å². The predicted molar refractivity (Wildman–Crippen MR) is 88.1 cm³/mol. The first-order chi connectivity index (χ1) is 10.7. The minimum atomic E-state index is 0.571. The normalized spacial score (nSPS) is 10.2. The molecule has 0 bridgehead atoms. The molecule has 0 aliphatic heterocycles. The average Bonchev–Trinajstić information content (AvgIpc) is 3.03. The Morgan fingerprint density at radius 2 is 2.00 bits per heavy atom. The first kappa shape index (κ1) is 14.2. The molecule has 22 heavy (non-hydrogen) atoms. The van der Waals surface area contributed by atoms with Gasteiger partial charge in [-0.1, -0.05) is 28.8 Å². The SMILES string of the molecule is C#Cc1cccc(NCc2cn(-c3ccc(Cl)cc3)nn2)c1. The summed E-state index contributed by atoms with van der Waals surface area (Å²) in [6, 6.07) is 15.1. The van der Waals surface area contributed by atoms with Gasteiger partial charge in [0.2, 0.25) is 0 Å². The van der Waals surface area contributed by atoms with E-state index in [1.807, 2.05) is 54.7 Å². The van der Waals surface area contributed by atoms with E-state index in [1.165, 1.54) is 0 Å². The number of nitrogens with one attached hydrogen (secondary N) is 1. The molecule has 0 spiro atoms. The lowest BCUT2D eigenvalue weighted by molar-refractivity contribution is 0.798. The van der Waals surface area contributed by atoms with Gasteiger partial charge in [-0.05, 0) is 42.5 Å². The van der Waals surface area contributed by atoms with E-state index in [1.54, 1.807) is 4.68 Å². The van der Waals surface area contributed by atoms with Crippen molar-refractivity contribution in [1.82, 2.24) is 15.0 Å². The third-order valence-corrected chi connectivity index (χ3v) is 3.39. The zero-order valence-corrected chi connectivity index (χ0v) is 12.5. The van der Waals surface area contributed by atoms with E-state index in [0.29, 0.717) is 11.6 Å². The van der Waals surface area contributed by atoms with Gasteiger partial charge in [0.15, 0.2) is 0 Å². The topological polar surface area (TPSA) is 42.7 Å². The average molecular weight is 309 g/mol. The van der Waals surface area contributed by atoms with E-state index in [2.05, 4.69) is 21.5 Å². The minimum Gasteiger partial charge on any atom is -0.379 e. The molecule has 0 fully saturated rings. The first-order valence-corrected chi connectivity index (χ1v) is 7.10. The molecule has 1 N–H and O–H groups in total. The third-order valence-electron chi connectivity index (χ3n) is 3.13. The molecule has 1 aromatic heterocycles. The van der Waals surface area contributed by atoms with Crippen LogP contribution in [0.3, 0.4) is 0 Å². The number of hydrogen-bond donors (Lipinski definition) is 1. The number of nitrogens with zero attached hydrogens (tertiary/aromatic N) is 3. The highest BCUT2D eigenvalue weighted by atomic mass is 35.5. The van der Waals surface area contributed by atoms with Crippen molar-refractivity contribution in [3.05, 3.63) is 71.0 Å². The standard InChI is InChI=1S/C17H13ClN4/c1-2-13-4-3-5-15(10-13)19-11-16-12-22(21-20-16)17-8-6-14(18)7-9-17/h1,3-10,12,19H,11H2. The van der Waals surface area contributed by atoms with Crippen molar-refractivity contribution >= 4 is 17.3 Å². The summed E-state index contributed by atoms with van der Waals surface area (Å²) in [6.45, 7) is 0.571. The Bertz CT molecular complexity index is 815.